The molecule has 1 aliphatic rings. The van der Waals surface area contributed by atoms with E-state index in [0.717, 1.165) is 12.5 Å². The minimum Gasteiger partial charge on any atom is -0.329 e. The Hall–Kier alpha value is 0.270. The highest BCUT2D eigenvalue weighted by atomic mass is 32.2. The second-order valence-electron chi connectivity index (χ2n) is 5.42. The highest BCUT2D eigenvalue weighted by molar-refractivity contribution is 7.99. The van der Waals surface area contributed by atoms with Crippen LogP contribution in [0.2, 0.25) is 0 Å². The van der Waals surface area contributed by atoms with Crippen LogP contribution in [-0.2, 0) is 0 Å². The van der Waals surface area contributed by atoms with E-state index in [2.05, 4.69) is 37.4 Å². The van der Waals surface area contributed by atoms with Crippen molar-refractivity contribution in [3.8, 4) is 0 Å². The Morgan fingerprint density at radius 3 is 2.18 bits per heavy atom. The summed E-state index contributed by atoms with van der Waals surface area (Å²) in [6, 6.07) is 0. The van der Waals surface area contributed by atoms with Crippen molar-refractivity contribution in [1.82, 2.24) is 4.90 Å². The van der Waals surface area contributed by atoms with Crippen LogP contribution in [0, 0.1) is 5.92 Å². The number of nitrogens with zero attached hydrogens (tertiary/aromatic N) is 1. The lowest BCUT2D eigenvalue weighted by molar-refractivity contribution is 0.0765. The van der Waals surface area contributed by atoms with Gasteiger partial charge in [0.1, 0.15) is 0 Å². The van der Waals surface area contributed by atoms with Gasteiger partial charge in [-0.05, 0) is 37.6 Å². The number of hydrogen-bond donors (Lipinski definition) is 1. The molecule has 102 valence electrons. The Balaban J connectivity index is 2.69. The second-order valence-corrected chi connectivity index (χ2v) is 6.45. The number of hydrogen-bond acceptors (Lipinski definition) is 3. The standard InChI is InChI=1S/C14H30N2S/c1-4-6-8-16(9-7-5-2)14(11-15)12-17-10-13(14)3/h13H,4-12,15H2,1-3H3. The highest BCUT2D eigenvalue weighted by Gasteiger charge is 2.43. The van der Waals surface area contributed by atoms with Gasteiger partial charge in [-0.3, -0.25) is 4.90 Å². The molecule has 0 bridgehead atoms. The molecule has 0 aromatic carbocycles. The van der Waals surface area contributed by atoms with Gasteiger partial charge >= 0.3 is 0 Å². The van der Waals surface area contributed by atoms with Crippen molar-refractivity contribution >= 4 is 11.8 Å². The molecule has 1 aliphatic heterocycles. The van der Waals surface area contributed by atoms with Gasteiger partial charge in [0.2, 0.25) is 0 Å². The normalized spacial score (nSPS) is 29.1. The molecule has 0 aromatic heterocycles. The van der Waals surface area contributed by atoms with Crippen LogP contribution in [-0.4, -0.2) is 41.6 Å². The van der Waals surface area contributed by atoms with E-state index in [-0.39, 0.29) is 5.54 Å². The number of thioether (sulfide) groups is 1. The van der Waals surface area contributed by atoms with Crippen molar-refractivity contribution < 1.29 is 0 Å². The molecule has 0 aliphatic carbocycles. The minimum absolute atomic E-state index is 0.287. The van der Waals surface area contributed by atoms with Crippen LogP contribution < -0.4 is 5.73 Å². The van der Waals surface area contributed by atoms with E-state index in [1.165, 1.54) is 50.3 Å². The van der Waals surface area contributed by atoms with Gasteiger partial charge in [-0.15, -0.1) is 0 Å². The SMILES string of the molecule is CCCCN(CCCC)C1(CN)CSCC1C. The number of rotatable bonds is 8. The molecule has 1 rings (SSSR count). The van der Waals surface area contributed by atoms with E-state index < -0.39 is 0 Å². The topological polar surface area (TPSA) is 29.3 Å². The van der Waals surface area contributed by atoms with Gasteiger partial charge in [-0.25, -0.2) is 0 Å². The summed E-state index contributed by atoms with van der Waals surface area (Å²) in [5.74, 6) is 3.26. The van der Waals surface area contributed by atoms with Gasteiger partial charge < -0.3 is 5.73 Å². The van der Waals surface area contributed by atoms with Gasteiger partial charge in [-0.2, -0.15) is 11.8 Å². The van der Waals surface area contributed by atoms with Gasteiger partial charge in [-0.1, -0.05) is 33.6 Å². The number of nitrogens with two attached hydrogens (primary N) is 1. The molecule has 2 unspecified atom stereocenters. The minimum atomic E-state index is 0.287. The summed E-state index contributed by atoms with van der Waals surface area (Å²) in [5.41, 5.74) is 6.44. The van der Waals surface area contributed by atoms with Crippen LogP contribution in [0.4, 0.5) is 0 Å². The summed E-state index contributed by atoms with van der Waals surface area (Å²) >= 11 is 2.09. The molecule has 1 fully saturated rings. The monoisotopic (exact) mass is 258 g/mol. The second kappa shape index (κ2) is 7.65. The first-order chi connectivity index (χ1) is 8.21. The molecule has 0 aromatic rings. The molecule has 3 heteroatoms. The third kappa shape index (κ3) is 3.62. The lowest BCUT2D eigenvalue weighted by Gasteiger charge is -2.43. The van der Waals surface area contributed by atoms with Crippen LogP contribution in [0.25, 0.3) is 0 Å². The molecule has 0 spiro atoms. The van der Waals surface area contributed by atoms with E-state index in [9.17, 15) is 0 Å². The van der Waals surface area contributed by atoms with E-state index in [1.807, 2.05) is 0 Å². The maximum absolute atomic E-state index is 6.15. The Kier molecular flexibility index (Phi) is 6.90. The lowest BCUT2D eigenvalue weighted by atomic mass is 9.86. The zero-order valence-electron chi connectivity index (χ0n) is 11.9. The van der Waals surface area contributed by atoms with E-state index in [1.54, 1.807) is 0 Å². The van der Waals surface area contributed by atoms with Gasteiger partial charge in [0, 0.05) is 17.8 Å². The molecule has 2 nitrogen and oxygen atoms in total. The van der Waals surface area contributed by atoms with E-state index >= 15 is 0 Å². The Bertz CT molecular complexity index is 202. The quantitative estimate of drug-likeness (QED) is 0.726. The van der Waals surface area contributed by atoms with E-state index in [4.69, 9.17) is 5.73 Å². The van der Waals surface area contributed by atoms with Gasteiger partial charge in [0.05, 0.1) is 0 Å². The zero-order valence-corrected chi connectivity index (χ0v) is 12.7. The van der Waals surface area contributed by atoms with Crippen molar-refractivity contribution in [3.63, 3.8) is 0 Å². The maximum atomic E-state index is 6.15. The summed E-state index contributed by atoms with van der Waals surface area (Å²) in [6.07, 6.45) is 5.18. The van der Waals surface area contributed by atoms with Gasteiger partial charge in [0.25, 0.3) is 0 Å². The molecule has 1 heterocycles. The van der Waals surface area contributed by atoms with Crippen LogP contribution in [0.3, 0.4) is 0 Å². The summed E-state index contributed by atoms with van der Waals surface area (Å²) in [4.78, 5) is 2.71. The van der Waals surface area contributed by atoms with Crippen molar-refractivity contribution in [2.24, 2.45) is 11.7 Å². The van der Waals surface area contributed by atoms with Crippen LogP contribution in [0.15, 0.2) is 0 Å². The van der Waals surface area contributed by atoms with Crippen molar-refractivity contribution in [3.05, 3.63) is 0 Å². The fraction of sp³-hybridized carbons (Fsp3) is 1.00. The summed E-state index contributed by atoms with van der Waals surface area (Å²) in [7, 11) is 0. The van der Waals surface area contributed by atoms with Crippen LogP contribution in [0.5, 0.6) is 0 Å². The predicted octanol–water partition coefficient (Wildman–Crippen LogP) is 2.97. The first-order valence-corrected chi connectivity index (χ1v) is 8.39. The fourth-order valence-electron chi connectivity index (χ4n) is 2.76. The molecule has 17 heavy (non-hydrogen) atoms. The molecule has 0 saturated carbocycles. The Morgan fingerprint density at radius 1 is 1.24 bits per heavy atom. The molecule has 1 saturated heterocycles. The third-order valence-corrected chi connectivity index (χ3v) is 5.62. The average molecular weight is 258 g/mol. The predicted molar refractivity (Wildman–Crippen MR) is 79.7 cm³/mol. The highest BCUT2D eigenvalue weighted by Crippen LogP contribution is 2.38. The molecule has 0 radical (unpaired) electrons. The summed E-state index contributed by atoms with van der Waals surface area (Å²) < 4.78 is 0. The van der Waals surface area contributed by atoms with Crippen LogP contribution in [0.1, 0.15) is 46.5 Å². The summed E-state index contributed by atoms with van der Waals surface area (Å²) in [5, 5.41) is 0. The van der Waals surface area contributed by atoms with Crippen LogP contribution >= 0.6 is 11.8 Å². The maximum Gasteiger partial charge on any atom is 0.0455 e. The zero-order chi connectivity index (χ0) is 12.7. The average Bonchev–Trinajstić information content (AvgIpc) is 2.72. The fourth-order valence-corrected chi connectivity index (χ4v) is 4.48. The Labute approximate surface area is 112 Å². The van der Waals surface area contributed by atoms with Crippen molar-refractivity contribution in [2.45, 2.75) is 52.0 Å². The summed E-state index contributed by atoms with van der Waals surface area (Å²) in [6.45, 7) is 10.2. The largest absolute Gasteiger partial charge is 0.329 e. The first kappa shape index (κ1) is 15.3. The molecule has 2 N–H and O–H groups in total. The first-order valence-electron chi connectivity index (χ1n) is 7.24. The third-order valence-electron chi connectivity index (χ3n) is 4.18. The molecular weight excluding hydrogens is 228 g/mol. The molecular formula is C14H30N2S. The molecule has 2 atom stereocenters. The van der Waals surface area contributed by atoms with Crippen molar-refractivity contribution in [2.75, 3.05) is 31.1 Å². The van der Waals surface area contributed by atoms with E-state index in [0.29, 0.717) is 0 Å². The smallest absolute Gasteiger partial charge is 0.0455 e. The number of unbranched alkanes of at least 4 members (excludes halogenated alkanes) is 2. The molecule has 0 amide bonds. The van der Waals surface area contributed by atoms with Crippen molar-refractivity contribution in [1.29, 1.82) is 0 Å². The Morgan fingerprint density at radius 2 is 1.82 bits per heavy atom. The lowest BCUT2D eigenvalue weighted by Crippen LogP contribution is -2.58. The van der Waals surface area contributed by atoms with Gasteiger partial charge in [0.15, 0.2) is 0 Å².